The summed E-state index contributed by atoms with van der Waals surface area (Å²) in [7, 11) is 0. The lowest BCUT2D eigenvalue weighted by molar-refractivity contribution is -0.384. The molecule has 1 aromatic carbocycles. The van der Waals surface area contributed by atoms with Crippen molar-refractivity contribution in [3.05, 3.63) is 33.6 Å². The van der Waals surface area contributed by atoms with E-state index in [-0.39, 0.29) is 23.2 Å². The molecule has 0 bridgehead atoms. The Labute approximate surface area is 101 Å². The molecule has 8 nitrogen and oxygen atoms in total. The highest BCUT2D eigenvalue weighted by Gasteiger charge is 2.16. The van der Waals surface area contributed by atoms with Gasteiger partial charge in [0.15, 0.2) is 5.96 Å². The summed E-state index contributed by atoms with van der Waals surface area (Å²) in [6.45, 7) is 1.44. The van der Waals surface area contributed by atoms with Crippen molar-refractivity contribution < 1.29 is 9.31 Å². The Kier molecular flexibility index (Phi) is 3.77. The summed E-state index contributed by atoms with van der Waals surface area (Å²) in [5, 5.41) is 10.7. The van der Waals surface area contributed by atoms with Crippen LogP contribution in [-0.4, -0.2) is 16.8 Å². The van der Waals surface area contributed by atoms with E-state index in [4.69, 9.17) is 17.2 Å². The number of rotatable bonds is 2. The highest BCUT2D eigenvalue weighted by atomic mass is 19.1. The van der Waals surface area contributed by atoms with Crippen molar-refractivity contribution >= 4 is 23.3 Å². The second-order valence-electron chi connectivity index (χ2n) is 3.35. The van der Waals surface area contributed by atoms with E-state index in [0.717, 1.165) is 6.07 Å². The molecule has 0 heterocycles. The highest BCUT2D eigenvalue weighted by molar-refractivity contribution is 5.94. The van der Waals surface area contributed by atoms with Gasteiger partial charge in [0.25, 0.3) is 5.69 Å². The molecule has 0 saturated carbocycles. The van der Waals surface area contributed by atoms with Crippen molar-refractivity contribution in [2.75, 3.05) is 0 Å². The van der Waals surface area contributed by atoms with Crippen LogP contribution in [-0.2, 0) is 0 Å². The molecule has 0 aliphatic carbocycles. The molecule has 0 spiro atoms. The number of benzene rings is 1. The van der Waals surface area contributed by atoms with Crippen molar-refractivity contribution in [1.29, 1.82) is 0 Å². The molecule has 0 atom stereocenters. The molecule has 0 aliphatic heterocycles. The third-order valence-electron chi connectivity index (χ3n) is 1.93. The van der Waals surface area contributed by atoms with Gasteiger partial charge < -0.3 is 17.2 Å². The quantitative estimate of drug-likeness (QED) is 0.300. The number of nitrogens with two attached hydrogens (primary N) is 3. The minimum Gasteiger partial charge on any atom is -0.370 e. The normalized spacial score (nSPS) is 11.1. The summed E-state index contributed by atoms with van der Waals surface area (Å²) in [4.78, 5) is 17.0. The molecule has 1 rings (SSSR count). The predicted molar refractivity (Wildman–Crippen MR) is 64.9 cm³/mol. The van der Waals surface area contributed by atoms with Gasteiger partial charge in [0.05, 0.1) is 11.0 Å². The summed E-state index contributed by atoms with van der Waals surface area (Å²) in [5.41, 5.74) is 15.0. The van der Waals surface area contributed by atoms with Gasteiger partial charge in [0.1, 0.15) is 11.5 Å². The molecule has 0 saturated heterocycles. The van der Waals surface area contributed by atoms with Crippen LogP contribution in [0.15, 0.2) is 22.1 Å². The Morgan fingerprint density at radius 3 is 2.50 bits per heavy atom. The molecule has 0 aliphatic rings. The third kappa shape index (κ3) is 3.14. The molecule has 0 unspecified atom stereocenters. The summed E-state index contributed by atoms with van der Waals surface area (Å²) >= 11 is 0. The Morgan fingerprint density at radius 1 is 1.39 bits per heavy atom. The Morgan fingerprint density at radius 2 is 2.00 bits per heavy atom. The zero-order chi connectivity index (χ0) is 13.9. The molecule has 0 fully saturated rings. The van der Waals surface area contributed by atoms with Crippen LogP contribution in [0.2, 0.25) is 0 Å². The lowest BCUT2D eigenvalue weighted by Crippen LogP contribution is -2.26. The van der Waals surface area contributed by atoms with Crippen molar-refractivity contribution in [2.24, 2.45) is 27.2 Å². The number of guanidine groups is 2. The fraction of sp³-hybridized carbons (Fsp3) is 0.111. The standard InChI is InChI=1S/C9H11FN6O2/c1-4-2-6(14-9(13)15-8(11)12)7(16(17)18)3-5(4)10/h2-3H,1H3,(H6,11,12,13,14,15). The Hall–Kier alpha value is -2.71. The highest BCUT2D eigenvalue weighted by Crippen LogP contribution is 2.29. The monoisotopic (exact) mass is 254 g/mol. The minimum absolute atomic E-state index is 0.124. The van der Waals surface area contributed by atoms with E-state index in [0.29, 0.717) is 0 Å². The number of aliphatic imine (C=N–C) groups is 2. The number of nitro groups is 1. The molecule has 18 heavy (non-hydrogen) atoms. The van der Waals surface area contributed by atoms with E-state index < -0.39 is 16.4 Å². The van der Waals surface area contributed by atoms with Crippen LogP contribution in [0.5, 0.6) is 0 Å². The van der Waals surface area contributed by atoms with Crippen molar-refractivity contribution in [3.8, 4) is 0 Å². The number of halogens is 1. The summed E-state index contributed by atoms with van der Waals surface area (Å²) < 4.78 is 13.2. The SMILES string of the molecule is Cc1cc(N=C(N)N=C(N)N)c([N+](=O)[O-])cc1F. The van der Waals surface area contributed by atoms with Crippen LogP contribution in [0.4, 0.5) is 15.8 Å². The van der Waals surface area contributed by atoms with Crippen LogP contribution < -0.4 is 17.2 Å². The maximum absolute atomic E-state index is 13.2. The minimum atomic E-state index is -0.774. The number of aryl methyl sites for hydroxylation is 1. The third-order valence-corrected chi connectivity index (χ3v) is 1.93. The second kappa shape index (κ2) is 5.08. The lowest BCUT2D eigenvalue weighted by Gasteiger charge is -2.01. The molecule has 0 aromatic heterocycles. The van der Waals surface area contributed by atoms with Gasteiger partial charge in [-0.2, -0.15) is 4.99 Å². The van der Waals surface area contributed by atoms with E-state index >= 15 is 0 Å². The van der Waals surface area contributed by atoms with Gasteiger partial charge in [0.2, 0.25) is 5.96 Å². The number of nitro benzene ring substituents is 1. The van der Waals surface area contributed by atoms with E-state index in [1.807, 2.05) is 0 Å². The van der Waals surface area contributed by atoms with Crippen LogP contribution in [0.3, 0.4) is 0 Å². The van der Waals surface area contributed by atoms with Crippen LogP contribution in [0.1, 0.15) is 5.56 Å². The van der Waals surface area contributed by atoms with Crippen LogP contribution >= 0.6 is 0 Å². The first kappa shape index (κ1) is 13.4. The molecule has 9 heteroatoms. The summed E-state index contributed by atoms with van der Waals surface area (Å²) in [5.74, 6) is -1.40. The van der Waals surface area contributed by atoms with Gasteiger partial charge in [-0.3, -0.25) is 10.1 Å². The first-order chi connectivity index (χ1) is 8.31. The first-order valence-electron chi connectivity index (χ1n) is 4.69. The molecular formula is C9H11FN6O2. The zero-order valence-electron chi connectivity index (χ0n) is 9.42. The molecule has 96 valence electrons. The molecule has 1 aromatic rings. The van der Waals surface area contributed by atoms with Gasteiger partial charge in [-0.05, 0) is 18.6 Å². The summed E-state index contributed by atoms with van der Waals surface area (Å²) in [6.07, 6.45) is 0. The van der Waals surface area contributed by atoms with Gasteiger partial charge >= 0.3 is 0 Å². The Bertz CT molecular complexity index is 550. The second-order valence-corrected chi connectivity index (χ2v) is 3.35. The van der Waals surface area contributed by atoms with E-state index in [2.05, 4.69) is 9.98 Å². The van der Waals surface area contributed by atoms with Crippen LogP contribution in [0, 0.1) is 22.9 Å². The van der Waals surface area contributed by atoms with Crippen molar-refractivity contribution in [1.82, 2.24) is 0 Å². The lowest BCUT2D eigenvalue weighted by atomic mass is 10.2. The molecule has 6 N–H and O–H groups in total. The van der Waals surface area contributed by atoms with E-state index in [9.17, 15) is 14.5 Å². The fourth-order valence-corrected chi connectivity index (χ4v) is 1.17. The maximum atomic E-state index is 13.2. The first-order valence-corrected chi connectivity index (χ1v) is 4.69. The van der Waals surface area contributed by atoms with E-state index in [1.165, 1.54) is 13.0 Å². The van der Waals surface area contributed by atoms with Gasteiger partial charge in [0, 0.05) is 0 Å². The summed E-state index contributed by atoms with van der Waals surface area (Å²) in [6, 6.07) is 1.94. The van der Waals surface area contributed by atoms with Gasteiger partial charge in [-0.15, -0.1) is 0 Å². The smallest absolute Gasteiger partial charge is 0.297 e. The predicted octanol–water partition coefficient (Wildman–Crippen LogP) is 0.262. The largest absolute Gasteiger partial charge is 0.370 e. The number of hydrogen-bond acceptors (Lipinski definition) is 3. The van der Waals surface area contributed by atoms with Crippen molar-refractivity contribution in [2.45, 2.75) is 6.92 Å². The topological polar surface area (TPSA) is 146 Å². The molecule has 0 radical (unpaired) electrons. The fourth-order valence-electron chi connectivity index (χ4n) is 1.17. The number of nitrogens with zero attached hydrogens (tertiary/aromatic N) is 3. The van der Waals surface area contributed by atoms with E-state index in [1.54, 1.807) is 0 Å². The average molecular weight is 254 g/mol. The van der Waals surface area contributed by atoms with Gasteiger partial charge in [-0.1, -0.05) is 0 Å². The molecule has 0 amide bonds. The molecular weight excluding hydrogens is 243 g/mol. The average Bonchev–Trinajstić information content (AvgIpc) is 2.21. The maximum Gasteiger partial charge on any atom is 0.297 e. The van der Waals surface area contributed by atoms with Crippen LogP contribution in [0.25, 0.3) is 0 Å². The van der Waals surface area contributed by atoms with Gasteiger partial charge in [-0.25, -0.2) is 9.38 Å². The zero-order valence-corrected chi connectivity index (χ0v) is 9.42. The van der Waals surface area contributed by atoms with Crippen molar-refractivity contribution in [3.63, 3.8) is 0 Å². The number of hydrogen-bond donors (Lipinski definition) is 3. The Balaban J connectivity index is 3.36.